The number of carboxylic acid groups (broad SMARTS) is 2. The van der Waals surface area contributed by atoms with Crippen molar-refractivity contribution >= 4 is 33.7 Å². The minimum absolute atomic E-state index is 0. The number of benzene rings is 1. The first-order valence-corrected chi connectivity index (χ1v) is 7.64. The van der Waals surface area contributed by atoms with Gasteiger partial charge < -0.3 is 10.2 Å². The van der Waals surface area contributed by atoms with E-state index >= 15 is 0 Å². The topological polar surface area (TPSA) is 140 Å². The van der Waals surface area contributed by atoms with Crippen LogP contribution >= 0.6 is 0 Å². The molecule has 0 saturated carbocycles. The summed E-state index contributed by atoms with van der Waals surface area (Å²) >= 11 is 0. The molecule has 154 valence electrons. The summed E-state index contributed by atoms with van der Waals surface area (Å²) in [6.07, 6.45) is 3.65. The average Bonchev–Trinajstić information content (AvgIpc) is 2.68. The van der Waals surface area contributed by atoms with Crippen LogP contribution < -0.4 is 0 Å². The van der Waals surface area contributed by atoms with Crippen LogP contribution in [-0.4, -0.2) is 32.1 Å². The Morgan fingerprint density at radius 1 is 0.793 bits per heavy atom. The van der Waals surface area contributed by atoms with Crippen LogP contribution in [0.3, 0.4) is 0 Å². The number of aromatic nitrogens is 2. The van der Waals surface area contributed by atoms with Gasteiger partial charge in [0, 0.05) is 56.5 Å². The monoisotopic (exact) mass is 486 g/mol. The zero-order valence-corrected chi connectivity index (χ0v) is 18.0. The molecule has 0 bridgehead atoms. The number of rotatable bonds is 0. The van der Waals surface area contributed by atoms with Crippen LogP contribution in [0, 0.1) is 27.1 Å². The molecule has 29 heavy (non-hydrogen) atoms. The molecule has 0 saturated heterocycles. The SMILES string of the molecule is CC(=O)O.CC(=O)O.Cc1c(C)c2cccnc2c2ncccc12.[C-]#[O+].[C-]#[O+].[Ru]. The molecule has 0 spiro atoms. The number of hydrogen-bond donors (Lipinski definition) is 2. The van der Waals surface area contributed by atoms with Crippen molar-refractivity contribution in [2.45, 2.75) is 27.7 Å². The van der Waals surface area contributed by atoms with Crippen molar-refractivity contribution < 1.29 is 48.6 Å². The number of nitrogens with zero attached hydrogens (tertiary/aromatic N) is 2. The number of carbonyl (C=O) groups is 2. The zero-order valence-electron chi connectivity index (χ0n) is 16.2. The molecule has 0 radical (unpaired) electrons. The van der Waals surface area contributed by atoms with Crippen molar-refractivity contribution in [1.29, 1.82) is 0 Å². The first-order valence-electron chi connectivity index (χ1n) is 7.64. The molecule has 0 aliphatic heterocycles. The van der Waals surface area contributed by atoms with Gasteiger partial charge in [0.05, 0.1) is 11.0 Å². The van der Waals surface area contributed by atoms with Gasteiger partial charge in [-0.05, 0) is 37.1 Å². The molecular formula is C20H20N2O6Ru. The van der Waals surface area contributed by atoms with Crippen LogP contribution in [0.25, 0.3) is 21.8 Å². The second kappa shape index (κ2) is 17.2. The largest absolute Gasteiger partial charge is 0 e. The fourth-order valence-electron chi connectivity index (χ4n) is 2.20. The van der Waals surface area contributed by atoms with E-state index in [4.69, 9.17) is 29.1 Å². The van der Waals surface area contributed by atoms with Gasteiger partial charge in [-0.15, -0.1) is 0 Å². The van der Waals surface area contributed by atoms with E-state index in [1.165, 1.54) is 21.9 Å². The molecule has 3 rings (SSSR count). The molecule has 0 amide bonds. The number of fused-ring (bicyclic) bond motifs is 3. The molecule has 2 aromatic heterocycles. The molecule has 3 aromatic rings. The molecule has 0 unspecified atom stereocenters. The molecule has 2 heterocycles. The predicted octanol–water partition coefficient (Wildman–Crippen LogP) is 3.50. The fraction of sp³-hybridized carbons (Fsp3) is 0.200. The smallest absolute Gasteiger partial charge is 0 e. The molecular weight excluding hydrogens is 465 g/mol. The van der Waals surface area contributed by atoms with Crippen LogP contribution in [0.5, 0.6) is 0 Å². The maximum Gasteiger partial charge on any atom is 0 e. The van der Waals surface area contributed by atoms with Gasteiger partial charge in [-0.1, -0.05) is 12.1 Å². The van der Waals surface area contributed by atoms with Crippen molar-refractivity contribution in [3.05, 3.63) is 61.1 Å². The van der Waals surface area contributed by atoms with Gasteiger partial charge >= 0.3 is 22.6 Å². The second-order valence-electron chi connectivity index (χ2n) is 5.09. The molecule has 2 N–H and O–H groups in total. The van der Waals surface area contributed by atoms with E-state index < -0.39 is 11.9 Å². The van der Waals surface area contributed by atoms with Crippen LogP contribution in [0.4, 0.5) is 0 Å². The molecule has 8 nitrogen and oxygen atoms in total. The van der Waals surface area contributed by atoms with Gasteiger partial charge in [-0.2, -0.15) is 0 Å². The number of hydrogen-bond acceptors (Lipinski definition) is 4. The summed E-state index contributed by atoms with van der Waals surface area (Å²) in [5, 5.41) is 17.2. The van der Waals surface area contributed by atoms with E-state index in [1.54, 1.807) is 0 Å². The minimum Gasteiger partial charge on any atom is 0 e. The Hall–Kier alpha value is -2.92. The van der Waals surface area contributed by atoms with E-state index in [0.29, 0.717) is 0 Å². The first-order chi connectivity index (χ1) is 13.3. The summed E-state index contributed by atoms with van der Waals surface area (Å²) < 4.78 is 15.0. The Kier molecular flexibility index (Phi) is 18.3. The van der Waals surface area contributed by atoms with E-state index in [9.17, 15) is 0 Å². The van der Waals surface area contributed by atoms with Gasteiger partial charge in [-0.25, -0.2) is 0 Å². The Bertz CT molecular complexity index is 883. The van der Waals surface area contributed by atoms with E-state index in [1.807, 2.05) is 24.5 Å². The maximum absolute atomic E-state index is 9.00. The Morgan fingerprint density at radius 2 is 1.03 bits per heavy atom. The molecule has 0 aliphatic rings. The molecule has 9 heteroatoms. The van der Waals surface area contributed by atoms with Gasteiger partial charge in [-0.3, -0.25) is 19.6 Å². The summed E-state index contributed by atoms with van der Waals surface area (Å²) in [6.45, 7) is 15.5. The Morgan fingerprint density at radius 3 is 1.28 bits per heavy atom. The normalized spacial score (nSPS) is 8.00. The van der Waals surface area contributed by atoms with Gasteiger partial charge in [0.15, 0.2) is 0 Å². The van der Waals surface area contributed by atoms with Crippen LogP contribution in [0.1, 0.15) is 25.0 Å². The van der Waals surface area contributed by atoms with Crippen molar-refractivity contribution in [1.82, 2.24) is 9.97 Å². The van der Waals surface area contributed by atoms with Gasteiger partial charge in [0.1, 0.15) is 0 Å². The van der Waals surface area contributed by atoms with Crippen molar-refractivity contribution in [3.63, 3.8) is 0 Å². The predicted molar refractivity (Wildman–Crippen MR) is 101 cm³/mol. The minimum atomic E-state index is -0.833. The summed E-state index contributed by atoms with van der Waals surface area (Å²) in [6, 6.07) is 8.17. The van der Waals surface area contributed by atoms with E-state index in [0.717, 1.165) is 24.9 Å². The maximum atomic E-state index is 9.00. The molecule has 0 fully saturated rings. The zero-order chi connectivity index (χ0) is 22.3. The summed E-state index contributed by atoms with van der Waals surface area (Å²) in [4.78, 5) is 26.9. The number of carboxylic acids is 2. The Labute approximate surface area is 181 Å². The van der Waals surface area contributed by atoms with Gasteiger partial charge in [0.25, 0.3) is 11.9 Å². The van der Waals surface area contributed by atoms with E-state index in [-0.39, 0.29) is 19.5 Å². The quantitative estimate of drug-likeness (QED) is 0.216. The third kappa shape index (κ3) is 10.9. The van der Waals surface area contributed by atoms with Crippen molar-refractivity contribution in [2.75, 3.05) is 0 Å². The second-order valence-corrected chi connectivity index (χ2v) is 5.09. The van der Waals surface area contributed by atoms with Crippen LogP contribution in [0.2, 0.25) is 0 Å². The van der Waals surface area contributed by atoms with E-state index in [2.05, 4.69) is 49.2 Å². The molecule has 1 aromatic carbocycles. The van der Waals surface area contributed by atoms with Crippen molar-refractivity contribution in [3.8, 4) is 0 Å². The van der Waals surface area contributed by atoms with Gasteiger partial charge in [0.2, 0.25) is 0 Å². The van der Waals surface area contributed by atoms with Crippen molar-refractivity contribution in [2.24, 2.45) is 0 Å². The Balaban J connectivity index is -0.000000442. The molecule has 0 atom stereocenters. The third-order valence-corrected chi connectivity index (χ3v) is 3.21. The third-order valence-electron chi connectivity index (χ3n) is 3.21. The van der Waals surface area contributed by atoms with Crippen LogP contribution in [0.15, 0.2) is 36.7 Å². The standard InChI is InChI=1S/C14H12N2.2C2H4O2.2CO.Ru/c1-9-10(2)12-6-4-8-16-14(12)13-11(9)5-3-7-15-13;2*1-2(3)4;2*1-2;/h3-8H,1-2H3;2*1H3,(H,3,4);;;. The first kappa shape index (κ1) is 30.8. The molecule has 0 aliphatic carbocycles. The summed E-state index contributed by atoms with van der Waals surface area (Å²) in [7, 11) is 0. The average molecular weight is 485 g/mol. The number of pyridine rings is 2. The summed E-state index contributed by atoms with van der Waals surface area (Å²) in [5.41, 5.74) is 4.59. The number of aryl methyl sites for hydroxylation is 2. The summed E-state index contributed by atoms with van der Waals surface area (Å²) in [5.74, 6) is -1.67. The number of aliphatic carboxylic acids is 2. The fourth-order valence-corrected chi connectivity index (χ4v) is 2.20. The van der Waals surface area contributed by atoms with Crippen LogP contribution in [-0.2, 0) is 38.4 Å².